The first-order valence-electron chi connectivity index (χ1n) is 5.25. The Morgan fingerprint density at radius 1 is 1.43 bits per heavy atom. The standard InChI is InChI=1S/C12H19NO/c1-4-10(5-2)12(3,14)11-7-6-8-13-9-11/h6-10,14H,4-5H2,1-3H3. The predicted molar refractivity (Wildman–Crippen MR) is 57.9 cm³/mol. The van der Waals surface area contributed by atoms with Crippen molar-refractivity contribution in [1.29, 1.82) is 0 Å². The molecule has 0 radical (unpaired) electrons. The van der Waals surface area contributed by atoms with Crippen molar-refractivity contribution in [1.82, 2.24) is 4.98 Å². The first kappa shape index (κ1) is 11.2. The van der Waals surface area contributed by atoms with Crippen LogP contribution in [-0.2, 0) is 5.60 Å². The van der Waals surface area contributed by atoms with Crippen molar-refractivity contribution in [3.8, 4) is 0 Å². The van der Waals surface area contributed by atoms with Crippen LogP contribution >= 0.6 is 0 Å². The molecular weight excluding hydrogens is 174 g/mol. The molecule has 0 saturated carbocycles. The molecule has 78 valence electrons. The Labute approximate surface area is 86.0 Å². The molecule has 2 nitrogen and oxygen atoms in total. The van der Waals surface area contributed by atoms with E-state index >= 15 is 0 Å². The van der Waals surface area contributed by atoms with E-state index in [1.54, 1.807) is 12.4 Å². The summed E-state index contributed by atoms with van der Waals surface area (Å²) in [5.41, 5.74) is 0.159. The minimum Gasteiger partial charge on any atom is -0.385 e. The predicted octanol–water partition coefficient (Wildman–Crippen LogP) is 2.73. The minimum atomic E-state index is -0.752. The topological polar surface area (TPSA) is 33.1 Å². The van der Waals surface area contributed by atoms with Crippen LogP contribution in [0.25, 0.3) is 0 Å². The lowest BCUT2D eigenvalue weighted by Crippen LogP contribution is -2.31. The molecule has 0 aromatic carbocycles. The SMILES string of the molecule is CCC(CC)C(C)(O)c1cccnc1. The van der Waals surface area contributed by atoms with Crippen LogP contribution in [0.15, 0.2) is 24.5 Å². The molecule has 0 bridgehead atoms. The fraction of sp³-hybridized carbons (Fsp3) is 0.583. The zero-order chi connectivity index (χ0) is 10.6. The second-order valence-electron chi connectivity index (χ2n) is 3.90. The molecule has 1 heterocycles. The fourth-order valence-corrected chi connectivity index (χ4v) is 1.98. The lowest BCUT2D eigenvalue weighted by Gasteiger charge is -2.31. The monoisotopic (exact) mass is 193 g/mol. The normalized spacial score (nSPS) is 15.5. The van der Waals surface area contributed by atoms with E-state index in [4.69, 9.17) is 0 Å². The number of rotatable bonds is 4. The van der Waals surface area contributed by atoms with Crippen molar-refractivity contribution in [3.05, 3.63) is 30.1 Å². The Balaban J connectivity index is 2.94. The molecule has 1 unspecified atom stereocenters. The summed E-state index contributed by atoms with van der Waals surface area (Å²) in [4.78, 5) is 4.04. The second-order valence-corrected chi connectivity index (χ2v) is 3.90. The highest BCUT2D eigenvalue weighted by Crippen LogP contribution is 2.32. The van der Waals surface area contributed by atoms with Crippen LogP contribution in [0.4, 0.5) is 0 Å². The van der Waals surface area contributed by atoms with Crippen LogP contribution in [0.2, 0.25) is 0 Å². The Morgan fingerprint density at radius 3 is 2.50 bits per heavy atom. The number of nitrogens with zero attached hydrogens (tertiary/aromatic N) is 1. The fourth-order valence-electron chi connectivity index (χ4n) is 1.98. The third kappa shape index (κ3) is 2.13. The van der Waals surface area contributed by atoms with Crippen LogP contribution in [0.1, 0.15) is 39.2 Å². The maximum atomic E-state index is 10.4. The smallest absolute Gasteiger partial charge is 0.0911 e. The first-order valence-corrected chi connectivity index (χ1v) is 5.25. The molecule has 1 rings (SSSR count). The van der Waals surface area contributed by atoms with Crippen molar-refractivity contribution < 1.29 is 5.11 Å². The number of hydrogen-bond donors (Lipinski definition) is 1. The quantitative estimate of drug-likeness (QED) is 0.797. The van der Waals surface area contributed by atoms with Gasteiger partial charge >= 0.3 is 0 Å². The van der Waals surface area contributed by atoms with Gasteiger partial charge in [0.25, 0.3) is 0 Å². The lowest BCUT2D eigenvalue weighted by molar-refractivity contribution is -0.00978. The molecule has 14 heavy (non-hydrogen) atoms. The summed E-state index contributed by atoms with van der Waals surface area (Å²) in [5.74, 6) is 0.298. The number of aliphatic hydroxyl groups is 1. The average molecular weight is 193 g/mol. The maximum absolute atomic E-state index is 10.4. The van der Waals surface area contributed by atoms with Gasteiger partial charge in [0.2, 0.25) is 0 Å². The molecule has 1 aromatic rings. The number of pyridine rings is 1. The molecule has 0 saturated heterocycles. The molecule has 0 fully saturated rings. The van der Waals surface area contributed by atoms with E-state index in [2.05, 4.69) is 18.8 Å². The van der Waals surface area contributed by atoms with Gasteiger partial charge in [-0.15, -0.1) is 0 Å². The van der Waals surface area contributed by atoms with E-state index in [1.807, 2.05) is 19.1 Å². The molecule has 1 aromatic heterocycles. The molecule has 0 aliphatic heterocycles. The van der Waals surface area contributed by atoms with E-state index in [9.17, 15) is 5.11 Å². The van der Waals surface area contributed by atoms with Crippen molar-refractivity contribution in [3.63, 3.8) is 0 Å². The van der Waals surface area contributed by atoms with Crippen molar-refractivity contribution >= 4 is 0 Å². The van der Waals surface area contributed by atoms with E-state index in [0.717, 1.165) is 18.4 Å². The van der Waals surface area contributed by atoms with E-state index in [0.29, 0.717) is 5.92 Å². The van der Waals surface area contributed by atoms with Crippen LogP contribution in [0.3, 0.4) is 0 Å². The Kier molecular flexibility index (Phi) is 3.64. The largest absolute Gasteiger partial charge is 0.385 e. The molecule has 1 N–H and O–H groups in total. The molecule has 0 spiro atoms. The summed E-state index contributed by atoms with van der Waals surface area (Å²) in [6, 6.07) is 3.80. The van der Waals surface area contributed by atoms with Gasteiger partial charge in [0.1, 0.15) is 0 Å². The summed E-state index contributed by atoms with van der Waals surface area (Å²) in [6.45, 7) is 6.10. The molecule has 0 aliphatic carbocycles. The van der Waals surface area contributed by atoms with Crippen LogP contribution in [0.5, 0.6) is 0 Å². The molecular formula is C12H19NO. The molecule has 0 amide bonds. The Morgan fingerprint density at radius 2 is 2.07 bits per heavy atom. The summed E-state index contributed by atoms with van der Waals surface area (Å²) < 4.78 is 0. The van der Waals surface area contributed by atoms with Gasteiger partial charge in [-0.2, -0.15) is 0 Å². The zero-order valence-corrected chi connectivity index (χ0v) is 9.20. The summed E-state index contributed by atoms with van der Waals surface area (Å²) in [7, 11) is 0. The number of hydrogen-bond acceptors (Lipinski definition) is 2. The van der Waals surface area contributed by atoms with Gasteiger partial charge in [-0.25, -0.2) is 0 Å². The number of aromatic nitrogens is 1. The summed E-state index contributed by atoms with van der Waals surface area (Å²) in [6.07, 6.45) is 5.45. The van der Waals surface area contributed by atoms with E-state index < -0.39 is 5.60 Å². The second kappa shape index (κ2) is 4.56. The van der Waals surface area contributed by atoms with Crippen molar-refractivity contribution in [2.24, 2.45) is 5.92 Å². The highest BCUT2D eigenvalue weighted by atomic mass is 16.3. The van der Waals surface area contributed by atoms with Gasteiger partial charge in [0.15, 0.2) is 0 Å². The minimum absolute atomic E-state index is 0.298. The van der Waals surface area contributed by atoms with Gasteiger partial charge in [-0.05, 0) is 18.9 Å². The van der Waals surface area contributed by atoms with Crippen LogP contribution < -0.4 is 0 Å². The van der Waals surface area contributed by atoms with Crippen LogP contribution in [0, 0.1) is 5.92 Å². The van der Waals surface area contributed by atoms with Crippen molar-refractivity contribution in [2.45, 2.75) is 39.2 Å². The van der Waals surface area contributed by atoms with E-state index in [-0.39, 0.29) is 0 Å². The third-order valence-electron chi connectivity index (χ3n) is 3.03. The average Bonchev–Trinajstić information content (AvgIpc) is 2.20. The zero-order valence-electron chi connectivity index (χ0n) is 9.20. The van der Waals surface area contributed by atoms with Crippen molar-refractivity contribution in [2.75, 3.05) is 0 Å². The highest BCUT2D eigenvalue weighted by Gasteiger charge is 2.31. The van der Waals surface area contributed by atoms with E-state index in [1.165, 1.54) is 0 Å². The van der Waals surface area contributed by atoms with Crippen LogP contribution in [-0.4, -0.2) is 10.1 Å². The summed E-state index contributed by atoms with van der Waals surface area (Å²) in [5, 5.41) is 10.4. The Hall–Kier alpha value is -0.890. The van der Waals surface area contributed by atoms with Gasteiger partial charge in [-0.1, -0.05) is 32.8 Å². The lowest BCUT2D eigenvalue weighted by atomic mass is 9.80. The third-order valence-corrected chi connectivity index (χ3v) is 3.03. The first-order chi connectivity index (χ1) is 6.62. The maximum Gasteiger partial charge on any atom is 0.0911 e. The molecule has 0 aliphatic rings. The van der Waals surface area contributed by atoms with Gasteiger partial charge in [0, 0.05) is 18.0 Å². The van der Waals surface area contributed by atoms with Gasteiger partial charge in [-0.3, -0.25) is 4.98 Å². The highest BCUT2D eigenvalue weighted by molar-refractivity contribution is 5.17. The summed E-state index contributed by atoms with van der Waals surface area (Å²) >= 11 is 0. The van der Waals surface area contributed by atoms with Gasteiger partial charge in [0.05, 0.1) is 5.60 Å². The Bertz CT molecular complexity index is 265. The van der Waals surface area contributed by atoms with Gasteiger partial charge < -0.3 is 5.11 Å². The molecule has 2 heteroatoms. The molecule has 1 atom stereocenters.